The van der Waals surface area contributed by atoms with Crippen molar-refractivity contribution in [3.05, 3.63) is 76.2 Å². The van der Waals surface area contributed by atoms with Gasteiger partial charge in [-0.2, -0.15) is 5.10 Å². The monoisotopic (exact) mass is 505 g/mol. The molecule has 0 saturated carbocycles. The number of rotatable bonds is 7. The molecule has 1 aliphatic rings. The summed E-state index contributed by atoms with van der Waals surface area (Å²) in [4.78, 5) is 0.744. The van der Waals surface area contributed by atoms with E-state index in [0.29, 0.717) is 6.54 Å². The summed E-state index contributed by atoms with van der Waals surface area (Å²) in [5.41, 5.74) is 8.12. The zero-order valence-electron chi connectivity index (χ0n) is 20.6. The number of thiocarbonyl (C=S) groups is 1. The maximum atomic E-state index is 6.23. The van der Waals surface area contributed by atoms with E-state index in [1.807, 2.05) is 12.1 Å². The molecule has 5 rings (SSSR count). The van der Waals surface area contributed by atoms with Crippen molar-refractivity contribution in [2.24, 2.45) is 0 Å². The number of hydrogen-bond acceptors (Lipinski definition) is 3. The highest BCUT2D eigenvalue weighted by Gasteiger charge is 2.29. The predicted molar refractivity (Wildman–Crippen MR) is 150 cm³/mol. The topological polar surface area (TPSA) is 46.3 Å². The largest absolute Gasteiger partial charge is 0.378 e. The van der Waals surface area contributed by atoms with Gasteiger partial charge in [-0.15, -0.1) is 0 Å². The average Bonchev–Trinajstić information content (AvgIpc) is 3.25. The van der Waals surface area contributed by atoms with E-state index in [1.165, 1.54) is 16.7 Å². The van der Waals surface area contributed by atoms with Crippen molar-refractivity contribution in [1.82, 2.24) is 19.5 Å². The summed E-state index contributed by atoms with van der Waals surface area (Å²) in [6.45, 7) is 8.05. The summed E-state index contributed by atoms with van der Waals surface area (Å²) in [5, 5.41) is 13.0. The fourth-order valence-electron chi connectivity index (χ4n) is 4.82. The van der Waals surface area contributed by atoms with Crippen LogP contribution in [0.2, 0.25) is 5.02 Å². The number of anilines is 1. The van der Waals surface area contributed by atoms with Gasteiger partial charge in [0.25, 0.3) is 0 Å². The van der Waals surface area contributed by atoms with Gasteiger partial charge in [-0.05, 0) is 69.4 Å². The smallest absolute Gasteiger partial charge is 0.150 e. The highest BCUT2D eigenvalue weighted by molar-refractivity contribution is 7.80. The zero-order valence-corrected chi connectivity index (χ0v) is 22.1. The van der Waals surface area contributed by atoms with Crippen molar-refractivity contribution in [3.8, 4) is 11.1 Å². The molecular weight excluding hydrogens is 474 g/mol. The van der Waals surface area contributed by atoms with Gasteiger partial charge < -0.3 is 15.2 Å². The van der Waals surface area contributed by atoms with Crippen LogP contribution in [0, 0.1) is 6.92 Å². The van der Waals surface area contributed by atoms with Crippen molar-refractivity contribution < 1.29 is 0 Å². The van der Waals surface area contributed by atoms with Gasteiger partial charge in [-0.3, -0.25) is 0 Å². The van der Waals surface area contributed by atoms with Crippen LogP contribution in [0.15, 0.2) is 48.5 Å². The van der Waals surface area contributed by atoms with Gasteiger partial charge >= 0.3 is 0 Å². The fraction of sp³-hybridized carbons (Fsp3) is 0.357. The molecule has 0 aliphatic carbocycles. The van der Waals surface area contributed by atoms with Gasteiger partial charge in [-0.1, -0.05) is 60.6 Å². The Hall–Kier alpha value is -2.83. The second-order valence-corrected chi connectivity index (χ2v) is 10.3. The first-order valence-electron chi connectivity index (χ1n) is 12.5. The average molecular weight is 506 g/mol. The fourth-order valence-corrected chi connectivity index (χ4v) is 5.33. The molecule has 0 amide bonds. The SMILES string of the molecule is CC[C@H](C)NC(=S)c1c(-c2ccc(Cl)cc2)c2c3n(c(CNc4ccc(C)cc4)nn13)CCCC2. The van der Waals surface area contributed by atoms with Crippen molar-refractivity contribution in [1.29, 1.82) is 0 Å². The summed E-state index contributed by atoms with van der Waals surface area (Å²) in [7, 11) is 0. The molecule has 0 spiro atoms. The van der Waals surface area contributed by atoms with Crippen LogP contribution < -0.4 is 10.6 Å². The number of halogens is 1. The number of hydrogen-bond donors (Lipinski definition) is 2. The summed E-state index contributed by atoms with van der Waals surface area (Å²) in [6, 6.07) is 16.9. The molecule has 182 valence electrons. The first-order valence-corrected chi connectivity index (χ1v) is 13.2. The lowest BCUT2D eigenvalue weighted by Crippen LogP contribution is -2.32. The molecule has 35 heavy (non-hydrogen) atoms. The Morgan fingerprint density at radius 1 is 1.11 bits per heavy atom. The summed E-state index contributed by atoms with van der Waals surface area (Å²) < 4.78 is 4.48. The van der Waals surface area contributed by atoms with E-state index in [0.717, 1.165) is 70.7 Å². The Morgan fingerprint density at radius 2 is 1.86 bits per heavy atom. The van der Waals surface area contributed by atoms with Crippen LogP contribution in [0.3, 0.4) is 0 Å². The predicted octanol–water partition coefficient (Wildman–Crippen LogP) is 6.78. The minimum absolute atomic E-state index is 0.284. The van der Waals surface area contributed by atoms with Crippen LogP contribution in [0.25, 0.3) is 16.8 Å². The Bertz CT molecular complexity index is 1350. The van der Waals surface area contributed by atoms with E-state index in [-0.39, 0.29) is 6.04 Å². The Morgan fingerprint density at radius 3 is 2.57 bits per heavy atom. The lowest BCUT2D eigenvalue weighted by Gasteiger charge is -2.15. The summed E-state index contributed by atoms with van der Waals surface area (Å²) in [5.74, 6) is 1.03. The first-order chi connectivity index (χ1) is 17.0. The molecular formula is C28H32ClN5S. The number of aryl methyl sites for hydroxylation is 3. The van der Waals surface area contributed by atoms with Crippen LogP contribution in [-0.2, 0) is 19.5 Å². The lowest BCUT2D eigenvalue weighted by molar-refractivity contribution is 0.619. The molecule has 2 aromatic heterocycles. The quantitative estimate of drug-likeness (QED) is 0.272. The minimum Gasteiger partial charge on any atom is -0.378 e. The maximum absolute atomic E-state index is 6.23. The van der Waals surface area contributed by atoms with E-state index < -0.39 is 0 Å². The Balaban J connectivity index is 1.64. The van der Waals surface area contributed by atoms with E-state index in [1.54, 1.807) is 0 Å². The molecule has 5 nitrogen and oxygen atoms in total. The van der Waals surface area contributed by atoms with Crippen LogP contribution in [0.4, 0.5) is 5.69 Å². The molecule has 3 heterocycles. The molecule has 2 N–H and O–H groups in total. The molecule has 1 aliphatic heterocycles. The molecule has 0 bridgehead atoms. The number of nitrogens with one attached hydrogen (secondary N) is 2. The summed E-state index contributed by atoms with van der Waals surface area (Å²) in [6.07, 6.45) is 4.27. The van der Waals surface area contributed by atoms with Crippen LogP contribution >= 0.6 is 23.8 Å². The molecule has 7 heteroatoms. The molecule has 0 unspecified atom stereocenters. The van der Waals surface area contributed by atoms with Crippen LogP contribution in [0.1, 0.15) is 55.8 Å². The van der Waals surface area contributed by atoms with Gasteiger partial charge in [0, 0.05) is 34.4 Å². The van der Waals surface area contributed by atoms with Crippen molar-refractivity contribution in [2.45, 2.75) is 65.6 Å². The maximum Gasteiger partial charge on any atom is 0.150 e. The Labute approximate surface area is 217 Å². The standard InChI is InChI=1S/C28H32ClN5S/c1-4-19(3)31-27(35)26-25(20-10-12-21(29)13-11-20)23-7-5-6-16-33-24(32-34(26)28(23)33)17-30-22-14-8-18(2)9-15-22/h8-15,19,30H,4-7,16-17H2,1-3H3,(H,31,35)/t19-/m0/s1. The molecule has 1 atom stereocenters. The minimum atomic E-state index is 0.284. The molecule has 0 fully saturated rings. The van der Waals surface area contributed by atoms with Crippen LogP contribution in [-0.4, -0.2) is 25.2 Å². The van der Waals surface area contributed by atoms with Crippen molar-refractivity contribution in [2.75, 3.05) is 5.32 Å². The van der Waals surface area contributed by atoms with Gasteiger partial charge in [0.2, 0.25) is 0 Å². The third-order valence-corrected chi connectivity index (χ3v) is 7.47. The molecule has 0 radical (unpaired) electrons. The van der Waals surface area contributed by atoms with Crippen LogP contribution in [0.5, 0.6) is 0 Å². The molecule has 2 aromatic carbocycles. The Kier molecular flexibility index (Phi) is 6.85. The van der Waals surface area contributed by atoms with Gasteiger partial charge in [-0.25, -0.2) is 4.52 Å². The van der Waals surface area contributed by atoms with E-state index in [4.69, 9.17) is 28.9 Å². The highest BCUT2D eigenvalue weighted by Crippen LogP contribution is 2.37. The van der Waals surface area contributed by atoms with E-state index in [2.05, 4.69) is 76.9 Å². The molecule has 0 saturated heterocycles. The van der Waals surface area contributed by atoms with Gasteiger partial charge in [0.1, 0.15) is 16.3 Å². The third kappa shape index (κ3) is 4.69. The third-order valence-electron chi connectivity index (χ3n) is 6.90. The van der Waals surface area contributed by atoms with Gasteiger partial charge in [0.15, 0.2) is 5.82 Å². The highest BCUT2D eigenvalue weighted by atomic mass is 35.5. The second kappa shape index (κ2) is 10.0. The van der Waals surface area contributed by atoms with Crippen molar-refractivity contribution >= 4 is 40.1 Å². The number of nitrogens with zero attached hydrogens (tertiary/aromatic N) is 3. The van der Waals surface area contributed by atoms with E-state index in [9.17, 15) is 0 Å². The number of aromatic nitrogens is 3. The van der Waals surface area contributed by atoms with Gasteiger partial charge in [0.05, 0.1) is 6.54 Å². The van der Waals surface area contributed by atoms with Crippen molar-refractivity contribution in [3.63, 3.8) is 0 Å². The zero-order chi connectivity index (χ0) is 24.5. The normalized spacial score (nSPS) is 14.1. The number of benzene rings is 2. The lowest BCUT2D eigenvalue weighted by atomic mass is 9.98. The second-order valence-electron chi connectivity index (χ2n) is 9.47. The first kappa shape index (κ1) is 23.9. The summed E-state index contributed by atoms with van der Waals surface area (Å²) >= 11 is 12.2. The molecule has 4 aromatic rings. The van der Waals surface area contributed by atoms with E-state index >= 15 is 0 Å².